The van der Waals surface area contributed by atoms with Crippen LogP contribution >= 0.6 is 0 Å². The number of carboxylic acids is 1. The van der Waals surface area contributed by atoms with E-state index in [0.717, 1.165) is 24.3 Å². The van der Waals surface area contributed by atoms with Gasteiger partial charge in [-0.05, 0) is 17.7 Å². The number of halogens is 2. The molecule has 0 amide bonds. The number of nitriles is 1. The van der Waals surface area contributed by atoms with Gasteiger partial charge in [0, 0.05) is 6.08 Å². The fourth-order valence-corrected chi connectivity index (χ4v) is 0.979. The Kier molecular flexibility index (Phi) is 3.13. The summed E-state index contributed by atoms with van der Waals surface area (Å²) < 4.78 is 25.7. The van der Waals surface area contributed by atoms with Crippen molar-refractivity contribution in [1.29, 1.82) is 5.26 Å². The monoisotopic (exact) mass is 209 g/mol. The normalized spacial score (nSPS) is 10.2. The molecule has 0 aliphatic rings. The van der Waals surface area contributed by atoms with Crippen molar-refractivity contribution in [3.05, 3.63) is 41.0 Å². The molecule has 1 aromatic rings. The van der Waals surface area contributed by atoms with E-state index in [1.807, 2.05) is 0 Å². The molecule has 0 aliphatic carbocycles. The molecule has 1 rings (SSSR count). The first-order valence-electron chi connectivity index (χ1n) is 3.85. The Morgan fingerprint density at radius 3 is 2.67 bits per heavy atom. The summed E-state index contributed by atoms with van der Waals surface area (Å²) in [5, 5.41) is 16.9. The van der Waals surface area contributed by atoms with Crippen molar-refractivity contribution in [2.45, 2.75) is 0 Å². The topological polar surface area (TPSA) is 61.1 Å². The zero-order valence-electron chi connectivity index (χ0n) is 7.37. The Balaban J connectivity index is 3.27. The van der Waals surface area contributed by atoms with Gasteiger partial charge in [-0.25, -0.2) is 13.6 Å². The lowest BCUT2D eigenvalue weighted by Gasteiger charge is -1.99. The zero-order chi connectivity index (χ0) is 11.4. The van der Waals surface area contributed by atoms with E-state index in [2.05, 4.69) is 0 Å². The Hall–Kier alpha value is -2.22. The Labute approximate surface area is 83.9 Å². The Morgan fingerprint density at radius 1 is 1.47 bits per heavy atom. The van der Waals surface area contributed by atoms with E-state index in [-0.39, 0.29) is 5.56 Å². The van der Waals surface area contributed by atoms with Crippen LogP contribution < -0.4 is 0 Å². The zero-order valence-corrected chi connectivity index (χ0v) is 7.37. The molecule has 76 valence electrons. The van der Waals surface area contributed by atoms with Crippen molar-refractivity contribution < 1.29 is 18.7 Å². The molecule has 0 aromatic heterocycles. The summed E-state index contributed by atoms with van der Waals surface area (Å²) in [4.78, 5) is 10.2. The third kappa shape index (κ3) is 2.38. The average Bonchev–Trinajstić information content (AvgIpc) is 2.19. The van der Waals surface area contributed by atoms with Gasteiger partial charge in [-0.15, -0.1) is 0 Å². The first kappa shape index (κ1) is 10.9. The maximum Gasteiger partial charge on any atom is 0.328 e. The molecule has 0 unspecified atom stereocenters. The SMILES string of the molecule is N#Cc1c(/C=C/C(=O)O)ccc(F)c1F. The van der Waals surface area contributed by atoms with E-state index in [0.29, 0.717) is 0 Å². The molecule has 0 radical (unpaired) electrons. The van der Waals surface area contributed by atoms with Crippen molar-refractivity contribution in [2.24, 2.45) is 0 Å². The lowest BCUT2D eigenvalue weighted by molar-refractivity contribution is -0.131. The summed E-state index contributed by atoms with van der Waals surface area (Å²) in [5.74, 6) is -3.65. The molecule has 0 aliphatic heterocycles. The van der Waals surface area contributed by atoms with Crippen LogP contribution in [0.15, 0.2) is 18.2 Å². The molecule has 0 heterocycles. The van der Waals surface area contributed by atoms with Gasteiger partial charge < -0.3 is 5.11 Å². The maximum atomic E-state index is 13.0. The third-order valence-corrected chi connectivity index (χ3v) is 1.64. The minimum Gasteiger partial charge on any atom is -0.478 e. The van der Waals surface area contributed by atoms with Gasteiger partial charge >= 0.3 is 5.97 Å². The number of carboxylic acid groups (broad SMARTS) is 1. The number of nitrogens with zero attached hydrogens (tertiary/aromatic N) is 1. The Bertz CT molecular complexity index is 475. The first-order chi connectivity index (χ1) is 7.06. The van der Waals surface area contributed by atoms with Gasteiger partial charge in [-0.1, -0.05) is 6.07 Å². The first-order valence-corrected chi connectivity index (χ1v) is 3.85. The van der Waals surface area contributed by atoms with E-state index in [9.17, 15) is 13.6 Å². The van der Waals surface area contributed by atoms with Gasteiger partial charge in [-0.2, -0.15) is 5.26 Å². The van der Waals surface area contributed by atoms with Gasteiger partial charge in [0.2, 0.25) is 0 Å². The smallest absolute Gasteiger partial charge is 0.328 e. The fourth-order valence-electron chi connectivity index (χ4n) is 0.979. The molecule has 1 aromatic carbocycles. The van der Waals surface area contributed by atoms with Gasteiger partial charge in [0.25, 0.3) is 0 Å². The highest BCUT2D eigenvalue weighted by Gasteiger charge is 2.11. The molecule has 5 heteroatoms. The number of aliphatic carboxylic acids is 1. The van der Waals surface area contributed by atoms with E-state index in [4.69, 9.17) is 10.4 Å². The molecule has 3 nitrogen and oxygen atoms in total. The van der Waals surface area contributed by atoms with Crippen LogP contribution in [0.5, 0.6) is 0 Å². The molecular weight excluding hydrogens is 204 g/mol. The van der Waals surface area contributed by atoms with E-state index < -0.39 is 23.2 Å². The number of hydrogen-bond donors (Lipinski definition) is 1. The van der Waals surface area contributed by atoms with Crippen LogP contribution in [0.2, 0.25) is 0 Å². The van der Waals surface area contributed by atoms with E-state index >= 15 is 0 Å². The predicted molar refractivity (Wildman–Crippen MR) is 47.7 cm³/mol. The third-order valence-electron chi connectivity index (χ3n) is 1.64. The number of hydrogen-bond acceptors (Lipinski definition) is 2. The highest BCUT2D eigenvalue weighted by molar-refractivity contribution is 5.85. The maximum absolute atomic E-state index is 13.0. The van der Waals surface area contributed by atoms with Crippen molar-refractivity contribution >= 4 is 12.0 Å². The largest absolute Gasteiger partial charge is 0.478 e. The summed E-state index contributed by atoms with van der Waals surface area (Å²) in [6.45, 7) is 0. The highest BCUT2D eigenvalue weighted by atomic mass is 19.2. The van der Waals surface area contributed by atoms with Crippen LogP contribution in [0.25, 0.3) is 6.08 Å². The van der Waals surface area contributed by atoms with Gasteiger partial charge in [0.1, 0.15) is 6.07 Å². The quantitative estimate of drug-likeness (QED) is 0.757. The van der Waals surface area contributed by atoms with Crippen LogP contribution in [0.1, 0.15) is 11.1 Å². The van der Waals surface area contributed by atoms with E-state index in [1.165, 1.54) is 6.07 Å². The van der Waals surface area contributed by atoms with Crippen LogP contribution in [0, 0.1) is 23.0 Å². The van der Waals surface area contributed by atoms with Crippen molar-refractivity contribution in [3.8, 4) is 6.07 Å². The number of benzene rings is 1. The molecule has 1 N–H and O–H groups in total. The molecule has 0 saturated heterocycles. The lowest BCUT2D eigenvalue weighted by Crippen LogP contribution is -1.94. The minimum atomic E-state index is -1.27. The predicted octanol–water partition coefficient (Wildman–Crippen LogP) is 1.93. The number of carbonyl (C=O) groups is 1. The van der Waals surface area contributed by atoms with Gasteiger partial charge in [0.15, 0.2) is 11.6 Å². The Morgan fingerprint density at radius 2 is 2.13 bits per heavy atom. The summed E-state index contributed by atoms with van der Waals surface area (Å²) in [7, 11) is 0. The molecule has 15 heavy (non-hydrogen) atoms. The highest BCUT2D eigenvalue weighted by Crippen LogP contribution is 2.17. The summed E-state index contributed by atoms with van der Waals surface area (Å²) in [5.41, 5.74) is -0.480. The summed E-state index contributed by atoms with van der Waals surface area (Å²) in [6.07, 6.45) is 1.77. The van der Waals surface area contributed by atoms with Gasteiger partial charge in [0.05, 0.1) is 5.56 Å². The summed E-state index contributed by atoms with van der Waals surface area (Å²) in [6, 6.07) is 3.44. The molecule has 0 bridgehead atoms. The molecule has 0 fully saturated rings. The second-order valence-electron chi connectivity index (χ2n) is 2.61. The molecule has 0 spiro atoms. The van der Waals surface area contributed by atoms with Crippen molar-refractivity contribution in [3.63, 3.8) is 0 Å². The lowest BCUT2D eigenvalue weighted by atomic mass is 10.1. The average molecular weight is 209 g/mol. The summed E-state index contributed by atoms with van der Waals surface area (Å²) >= 11 is 0. The van der Waals surface area contributed by atoms with Crippen molar-refractivity contribution in [2.75, 3.05) is 0 Å². The van der Waals surface area contributed by atoms with Crippen molar-refractivity contribution in [1.82, 2.24) is 0 Å². The van der Waals surface area contributed by atoms with Crippen LogP contribution in [0.3, 0.4) is 0 Å². The minimum absolute atomic E-state index is 0.0267. The van der Waals surface area contributed by atoms with Crippen LogP contribution in [0.4, 0.5) is 8.78 Å². The second kappa shape index (κ2) is 4.33. The standard InChI is InChI=1S/C10H5F2NO2/c11-8-3-1-6(2-4-9(14)15)7(5-13)10(8)12/h1-4H,(H,14,15)/b4-2+. The second-order valence-corrected chi connectivity index (χ2v) is 2.61. The number of rotatable bonds is 2. The fraction of sp³-hybridized carbons (Fsp3) is 0. The van der Waals surface area contributed by atoms with E-state index in [1.54, 1.807) is 0 Å². The molecule has 0 saturated carbocycles. The van der Waals surface area contributed by atoms with Crippen LogP contribution in [-0.2, 0) is 4.79 Å². The van der Waals surface area contributed by atoms with Gasteiger partial charge in [-0.3, -0.25) is 0 Å². The molecule has 0 atom stereocenters. The van der Waals surface area contributed by atoms with Crippen LogP contribution in [-0.4, -0.2) is 11.1 Å². The molecular formula is C10H5F2NO2.